The van der Waals surface area contributed by atoms with E-state index in [0.717, 1.165) is 70.6 Å². The van der Waals surface area contributed by atoms with Gasteiger partial charge in [-0.3, -0.25) is 4.55 Å². The molecule has 0 saturated heterocycles. The molecule has 5 heteroatoms. The molecular formula is C22H46O4S. The summed E-state index contributed by atoms with van der Waals surface area (Å²) in [6.07, 6.45) is 18.5. The molecule has 0 amide bonds. The van der Waals surface area contributed by atoms with E-state index in [1.165, 1.54) is 32.1 Å². The second-order valence-corrected chi connectivity index (χ2v) is 9.88. The number of unbranched alkanes of at least 4 members (excludes halogenated alkanes) is 11. The van der Waals surface area contributed by atoms with Gasteiger partial charge in [0.15, 0.2) is 0 Å². The van der Waals surface area contributed by atoms with E-state index in [-0.39, 0.29) is 6.10 Å². The van der Waals surface area contributed by atoms with Gasteiger partial charge in [0.2, 0.25) is 0 Å². The maximum absolute atomic E-state index is 11.5. The molecule has 27 heavy (non-hydrogen) atoms. The van der Waals surface area contributed by atoms with Gasteiger partial charge in [-0.25, -0.2) is 0 Å². The van der Waals surface area contributed by atoms with Crippen LogP contribution in [0.1, 0.15) is 129 Å². The van der Waals surface area contributed by atoms with E-state index in [0.29, 0.717) is 12.8 Å². The third-order valence-corrected chi connectivity index (χ3v) is 6.82. The van der Waals surface area contributed by atoms with Crippen LogP contribution < -0.4 is 0 Å². The first-order chi connectivity index (χ1) is 12.9. The molecule has 0 aliphatic carbocycles. The second-order valence-electron chi connectivity index (χ2n) is 8.19. The fraction of sp³-hybridized carbons (Fsp3) is 1.00. The molecule has 0 spiro atoms. The van der Waals surface area contributed by atoms with Gasteiger partial charge in [-0.2, -0.15) is 8.42 Å². The maximum atomic E-state index is 11.5. The minimum absolute atomic E-state index is 0.154. The summed E-state index contributed by atoms with van der Waals surface area (Å²) in [5.74, 6) is 0. The molecule has 164 valence electrons. The van der Waals surface area contributed by atoms with Crippen molar-refractivity contribution in [2.45, 2.75) is 141 Å². The van der Waals surface area contributed by atoms with Gasteiger partial charge in [0.1, 0.15) is 0 Å². The Morgan fingerprint density at radius 3 is 1.37 bits per heavy atom. The topological polar surface area (TPSA) is 74.6 Å². The van der Waals surface area contributed by atoms with Crippen molar-refractivity contribution < 1.29 is 18.1 Å². The zero-order valence-electron chi connectivity index (χ0n) is 18.0. The smallest absolute Gasteiger partial charge is 0.267 e. The van der Waals surface area contributed by atoms with Crippen LogP contribution in [-0.2, 0) is 10.1 Å². The highest BCUT2D eigenvalue weighted by atomic mass is 32.2. The van der Waals surface area contributed by atoms with Crippen LogP contribution in [0.15, 0.2) is 0 Å². The lowest BCUT2D eigenvalue weighted by atomic mass is 10.0. The number of aliphatic hydroxyl groups is 1. The molecule has 0 bridgehead atoms. The van der Waals surface area contributed by atoms with E-state index >= 15 is 0 Å². The average Bonchev–Trinajstić information content (AvgIpc) is 2.61. The first-order valence-electron chi connectivity index (χ1n) is 11.6. The Bertz CT molecular complexity index is 409. The van der Waals surface area contributed by atoms with Crippen molar-refractivity contribution in [1.29, 1.82) is 0 Å². The Labute approximate surface area is 169 Å². The normalized spacial score (nSPS) is 14.4. The highest BCUT2D eigenvalue weighted by molar-refractivity contribution is 7.86. The zero-order chi connectivity index (χ0) is 20.4. The van der Waals surface area contributed by atoms with Crippen LogP contribution in [0, 0.1) is 0 Å². The third kappa shape index (κ3) is 17.7. The van der Waals surface area contributed by atoms with Gasteiger partial charge in [-0.15, -0.1) is 0 Å². The van der Waals surface area contributed by atoms with Crippen molar-refractivity contribution in [3.05, 3.63) is 0 Å². The summed E-state index contributed by atoms with van der Waals surface area (Å²) in [4.78, 5) is 0. The Morgan fingerprint density at radius 1 is 0.593 bits per heavy atom. The molecule has 0 saturated carbocycles. The van der Waals surface area contributed by atoms with Crippen LogP contribution in [0.25, 0.3) is 0 Å². The largest absolute Gasteiger partial charge is 0.393 e. The van der Waals surface area contributed by atoms with Crippen LogP contribution in [-0.4, -0.2) is 29.4 Å². The van der Waals surface area contributed by atoms with E-state index in [4.69, 9.17) is 0 Å². The Balaban J connectivity index is 3.60. The molecule has 0 rings (SSSR count). The molecule has 0 radical (unpaired) electrons. The van der Waals surface area contributed by atoms with Crippen molar-refractivity contribution in [3.63, 3.8) is 0 Å². The standard InChI is InChI=1S/C22H46O4S/c1-3-5-7-8-10-14-17-21(23)18-15-11-9-12-16-20-22(27(24,25)26)19-13-6-4-2/h21-23H,3-20H2,1-2H3,(H,24,25,26). The van der Waals surface area contributed by atoms with Crippen molar-refractivity contribution in [2.75, 3.05) is 0 Å². The van der Waals surface area contributed by atoms with Gasteiger partial charge in [0.25, 0.3) is 10.1 Å². The van der Waals surface area contributed by atoms with E-state index in [9.17, 15) is 18.1 Å². The monoisotopic (exact) mass is 406 g/mol. The van der Waals surface area contributed by atoms with Crippen LogP contribution >= 0.6 is 0 Å². The summed E-state index contributed by atoms with van der Waals surface area (Å²) in [6, 6.07) is 0. The number of aliphatic hydroxyl groups excluding tert-OH is 1. The molecule has 0 aliphatic heterocycles. The molecule has 0 heterocycles. The van der Waals surface area contributed by atoms with Crippen LogP contribution in [0.4, 0.5) is 0 Å². The van der Waals surface area contributed by atoms with Gasteiger partial charge in [-0.1, -0.05) is 104 Å². The summed E-state index contributed by atoms with van der Waals surface area (Å²) in [5.41, 5.74) is 0. The molecule has 2 atom stereocenters. The molecule has 0 aromatic carbocycles. The van der Waals surface area contributed by atoms with Gasteiger partial charge >= 0.3 is 0 Å². The zero-order valence-corrected chi connectivity index (χ0v) is 18.8. The average molecular weight is 407 g/mol. The summed E-state index contributed by atoms with van der Waals surface area (Å²) < 4.78 is 32.3. The molecular weight excluding hydrogens is 360 g/mol. The van der Waals surface area contributed by atoms with Gasteiger partial charge in [-0.05, 0) is 25.7 Å². The van der Waals surface area contributed by atoms with E-state index < -0.39 is 15.4 Å². The predicted molar refractivity (Wildman–Crippen MR) is 116 cm³/mol. The van der Waals surface area contributed by atoms with Gasteiger partial charge in [0, 0.05) is 0 Å². The molecule has 2 unspecified atom stereocenters. The second kappa shape index (κ2) is 17.9. The highest BCUT2D eigenvalue weighted by Gasteiger charge is 2.21. The molecule has 0 aromatic heterocycles. The van der Waals surface area contributed by atoms with E-state index in [2.05, 4.69) is 13.8 Å². The molecule has 4 nitrogen and oxygen atoms in total. The number of rotatable bonds is 20. The van der Waals surface area contributed by atoms with Crippen LogP contribution in [0.3, 0.4) is 0 Å². The first kappa shape index (κ1) is 26.9. The lowest BCUT2D eigenvalue weighted by molar-refractivity contribution is 0.147. The van der Waals surface area contributed by atoms with Crippen molar-refractivity contribution in [2.24, 2.45) is 0 Å². The van der Waals surface area contributed by atoms with Crippen molar-refractivity contribution in [1.82, 2.24) is 0 Å². The SMILES string of the molecule is CCCCCCCCC(O)CCCCCCCC(CCCCC)S(=O)(=O)O. The van der Waals surface area contributed by atoms with Gasteiger partial charge in [0.05, 0.1) is 11.4 Å². The maximum Gasteiger partial charge on any atom is 0.267 e. The Hall–Kier alpha value is -0.130. The van der Waals surface area contributed by atoms with Crippen molar-refractivity contribution in [3.8, 4) is 0 Å². The lowest BCUT2D eigenvalue weighted by Gasteiger charge is -2.13. The summed E-state index contributed by atoms with van der Waals surface area (Å²) in [6.45, 7) is 4.32. The Kier molecular flexibility index (Phi) is 17.8. The molecule has 2 N–H and O–H groups in total. The van der Waals surface area contributed by atoms with Crippen LogP contribution in [0.2, 0.25) is 0 Å². The molecule has 0 aliphatic rings. The van der Waals surface area contributed by atoms with Crippen LogP contribution in [0.5, 0.6) is 0 Å². The lowest BCUT2D eigenvalue weighted by Crippen LogP contribution is -2.20. The Morgan fingerprint density at radius 2 is 0.926 bits per heavy atom. The fourth-order valence-corrected chi connectivity index (χ4v) is 4.58. The minimum atomic E-state index is -3.90. The summed E-state index contributed by atoms with van der Waals surface area (Å²) in [7, 11) is -3.90. The number of hydrogen-bond donors (Lipinski definition) is 2. The predicted octanol–water partition coefficient (Wildman–Crippen LogP) is 6.67. The van der Waals surface area contributed by atoms with E-state index in [1.807, 2.05) is 0 Å². The molecule has 0 fully saturated rings. The first-order valence-corrected chi connectivity index (χ1v) is 13.1. The van der Waals surface area contributed by atoms with E-state index in [1.54, 1.807) is 0 Å². The quantitative estimate of drug-likeness (QED) is 0.175. The van der Waals surface area contributed by atoms with Gasteiger partial charge < -0.3 is 5.11 Å². The fourth-order valence-electron chi connectivity index (χ4n) is 3.65. The summed E-state index contributed by atoms with van der Waals surface area (Å²) >= 11 is 0. The third-order valence-electron chi connectivity index (χ3n) is 5.51. The number of hydrogen-bond acceptors (Lipinski definition) is 3. The summed E-state index contributed by atoms with van der Waals surface area (Å²) in [5, 5.41) is 9.44. The molecule has 0 aromatic rings. The highest BCUT2D eigenvalue weighted by Crippen LogP contribution is 2.19. The minimum Gasteiger partial charge on any atom is -0.393 e. The van der Waals surface area contributed by atoms with Crippen molar-refractivity contribution >= 4 is 10.1 Å².